The Bertz CT molecular complexity index is 1470. The molecule has 2 aromatic heterocycles. The number of aromatic nitrogens is 4. The monoisotopic (exact) mass is 522 g/mol. The number of rotatable bonds is 13. The number of para-hydroxylation sites is 1. The number of aromatic amines is 1. The molecule has 198 valence electrons. The Labute approximate surface area is 226 Å². The van der Waals surface area contributed by atoms with Crippen molar-refractivity contribution in [1.29, 1.82) is 0 Å². The van der Waals surface area contributed by atoms with E-state index in [2.05, 4.69) is 30.6 Å². The Morgan fingerprint density at radius 1 is 0.821 bits per heavy atom. The Kier molecular flexibility index (Phi) is 8.75. The van der Waals surface area contributed by atoms with Gasteiger partial charge in [0.1, 0.15) is 23.1 Å². The highest BCUT2D eigenvalue weighted by molar-refractivity contribution is 5.64. The third kappa shape index (κ3) is 7.41. The van der Waals surface area contributed by atoms with Crippen LogP contribution in [0.4, 0.5) is 11.6 Å². The molecular weight excluding hydrogens is 492 g/mol. The minimum atomic E-state index is 0.137. The molecule has 0 spiro atoms. The molecule has 0 fully saturated rings. The molecule has 0 aliphatic heterocycles. The van der Waals surface area contributed by atoms with Gasteiger partial charge in [-0.2, -0.15) is 0 Å². The summed E-state index contributed by atoms with van der Waals surface area (Å²) in [4.78, 5) is 16.9. The van der Waals surface area contributed by atoms with Crippen LogP contribution in [0.1, 0.15) is 6.42 Å². The maximum Gasteiger partial charge on any atom is 0.227 e. The second-order valence-electron chi connectivity index (χ2n) is 8.68. The minimum Gasteiger partial charge on any atom is -0.493 e. The van der Waals surface area contributed by atoms with E-state index in [4.69, 9.17) is 14.6 Å². The number of aliphatic hydroxyl groups is 1. The summed E-state index contributed by atoms with van der Waals surface area (Å²) in [6.45, 7) is 2.10. The summed E-state index contributed by atoms with van der Waals surface area (Å²) in [5, 5.41) is 15.2. The van der Waals surface area contributed by atoms with Crippen molar-refractivity contribution >= 4 is 11.6 Å². The predicted octanol–water partition coefficient (Wildman–Crippen LogP) is 5.42. The van der Waals surface area contributed by atoms with Crippen LogP contribution in [0.3, 0.4) is 0 Å². The highest BCUT2D eigenvalue weighted by Gasteiger charge is 2.10. The Hall–Kier alpha value is -4.73. The fraction of sp³-hybridized carbons (Fsp3) is 0.167. The fourth-order valence-corrected chi connectivity index (χ4v) is 3.88. The molecule has 0 unspecified atom stereocenters. The van der Waals surface area contributed by atoms with Gasteiger partial charge in [-0.15, -0.1) is 0 Å². The lowest BCUT2D eigenvalue weighted by Crippen LogP contribution is -2.20. The summed E-state index contributed by atoms with van der Waals surface area (Å²) in [5.41, 5.74) is 3.22. The van der Waals surface area contributed by atoms with Crippen molar-refractivity contribution in [1.82, 2.24) is 25.3 Å². The molecule has 39 heavy (non-hydrogen) atoms. The number of benzene rings is 3. The van der Waals surface area contributed by atoms with Crippen LogP contribution in [0.15, 0.2) is 97.3 Å². The average molecular weight is 523 g/mol. The van der Waals surface area contributed by atoms with Crippen molar-refractivity contribution in [2.24, 2.45) is 0 Å². The highest BCUT2D eigenvalue weighted by atomic mass is 16.5. The van der Waals surface area contributed by atoms with E-state index in [1.165, 1.54) is 0 Å². The summed E-state index contributed by atoms with van der Waals surface area (Å²) < 4.78 is 11.8. The first-order valence-corrected chi connectivity index (χ1v) is 12.8. The van der Waals surface area contributed by atoms with Crippen molar-refractivity contribution in [2.75, 3.05) is 31.6 Å². The molecule has 0 aliphatic carbocycles. The van der Waals surface area contributed by atoms with Gasteiger partial charge < -0.3 is 30.2 Å². The van der Waals surface area contributed by atoms with Crippen LogP contribution in [-0.4, -0.2) is 51.3 Å². The van der Waals surface area contributed by atoms with E-state index in [0.717, 1.165) is 47.2 Å². The molecule has 3 aromatic carbocycles. The van der Waals surface area contributed by atoms with Gasteiger partial charge in [0, 0.05) is 30.1 Å². The molecule has 0 aliphatic rings. The second kappa shape index (κ2) is 13.2. The number of hydrogen-bond donors (Lipinski definition) is 4. The topological polar surface area (TPSA) is 117 Å². The summed E-state index contributed by atoms with van der Waals surface area (Å²) in [7, 11) is 0. The number of aliphatic hydroxyl groups excluding tert-OH is 1. The van der Waals surface area contributed by atoms with Gasteiger partial charge in [-0.05, 0) is 55.4 Å². The van der Waals surface area contributed by atoms with Crippen LogP contribution >= 0.6 is 0 Å². The van der Waals surface area contributed by atoms with Gasteiger partial charge >= 0.3 is 0 Å². The maximum atomic E-state index is 8.81. The maximum absolute atomic E-state index is 8.81. The van der Waals surface area contributed by atoms with E-state index in [1.54, 1.807) is 12.4 Å². The lowest BCUT2D eigenvalue weighted by Gasteiger charge is -2.10. The zero-order valence-corrected chi connectivity index (χ0v) is 21.4. The number of hydrogen-bond acceptors (Lipinski definition) is 8. The molecule has 9 heteroatoms. The van der Waals surface area contributed by atoms with E-state index in [1.807, 2.05) is 84.9 Å². The SMILES string of the molecule is OCCNCCCOc1cccc(Nc2nccc(-c3cnc(-c4cccc(Oc5ccccc5)c4)[nH]3)n2)c1. The first-order chi connectivity index (χ1) is 19.3. The quantitative estimate of drug-likeness (QED) is 0.151. The number of nitrogens with one attached hydrogen (secondary N) is 3. The lowest BCUT2D eigenvalue weighted by molar-refractivity contribution is 0.282. The molecule has 0 radical (unpaired) electrons. The Balaban J connectivity index is 1.23. The molecule has 0 bridgehead atoms. The van der Waals surface area contributed by atoms with E-state index >= 15 is 0 Å². The van der Waals surface area contributed by atoms with E-state index < -0.39 is 0 Å². The van der Waals surface area contributed by atoms with Gasteiger partial charge in [-0.1, -0.05) is 36.4 Å². The Morgan fingerprint density at radius 2 is 1.67 bits per heavy atom. The molecule has 4 N–H and O–H groups in total. The summed E-state index contributed by atoms with van der Waals surface area (Å²) >= 11 is 0. The van der Waals surface area contributed by atoms with Crippen LogP contribution in [0.2, 0.25) is 0 Å². The van der Waals surface area contributed by atoms with Gasteiger partial charge in [-0.25, -0.2) is 15.0 Å². The van der Waals surface area contributed by atoms with Gasteiger partial charge in [0.05, 0.1) is 30.8 Å². The van der Waals surface area contributed by atoms with Crippen molar-refractivity contribution in [3.05, 3.63) is 97.3 Å². The molecule has 0 atom stereocenters. The summed E-state index contributed by atoms with van der Waals surface area (Å²) in [6.07, 6.45) is 4.31. The van der Waals surface area contributed by atoms with Crippen molar-refractivity contribution in [3.8, 4) is 40.0 Å². The molecule has 0 saturated heterocycles. The van der Waals surface area contributed by atoms with Crippen molar-refractivity contribution < 1.29 is 14.6 Å². The first-order valence-electron chi connectivity index (χ1n) is 12.8. The van der Waals surface area contributed by atoms with Gasteiger partial charge in [0.15, 0.2) is 0 Å². The van der Waals surface area contributed by atoms with Crippen LogP contribution in [0, 0.1) is 0 Å². The third-order valence-corrected chi connectivity index (χ3v) is 5.74. The lowest BCUT2D eigenvalue weighted by atomic mass is 10.2. The van der Waals surface area contributed by atoms with Crippen molar-refractivity contribution in [2.45, 2.75) is 6.42 Å². The summed E-state index contributed by atoms with van der Waals surface area (Å²) in [6, 6.07) is 27.0. The Morgan fingerprint density at radius 3 is 2.56 bits per heavy atom. The van der Waals surface area contributed by atoms with Crippen LogP contribution < -0.4 is 20.1 Å². The van der Waals surface area contributed by atoms with Crippen LogP contribution in [0.25, 0.3) is 22.8 Å². The normalized spacial score (nSPS) is 10.8. The summed E-state index contributed by atoms with van der Waals surface area (Å²) in [5.74, 6) is 3.45. The molecule has 9 nitrogen and oxygen atoms in total. The van der Waals surface area contributed by atoms with Crippen LogP contribution in [0.5, 0.6) is 17.2 Å². The van der Waals surface area contributed by atoms with Gasteiger partial charge in [0.2, 0.25) is 5.95 Å². The molecule has 5 aromatic rings. The van der Waals surface area contributed by atoms with Gasteiger partial charge in [-0.3, -0.25) is 0 Å². The highest BCUT2D eigenvalue weighted by Crippen LogP contribution is 2.28. The smallest absolute Gasteiger partial charge is 0.227 e. The number of H-pyrrole nitrogens is 1. The van der Waals surface area contributed by atoms with Gasteiger partial charge in [0.25, 0.3) is 0 Å². The van der Waals surface area contributed by atoms with E-state index in [9.17, 15) is 0 Å². The molecule has 2 heterocycles. The second-order valence-corrected chi connectivity index (χ2v) is 8.68. The molecular formula is C30H30N6O3. The van der Waals surface area contributed by atoms with Crippen LogP contribution in [-0.2, 0) is 0 Å². The zero-order valence-electron chi connectivity index (χ0n) is 21.4. The number of ether oxygens (including phenoxy) is 2. The third-order valence-electron chi connectivity index (χ3n) is 5.74. The standard InChI is InChI=1S/C30H30N6O3/c37-17-16-31-14-6-18-38-25-11-5-8-23(20-25)34-30-32-15-13-27(36-30)28-21-33-29(35-28)22-7-4-12-26(19-22)39-24-9-2-1-3-10-24/h1-5,7-13,15,19-21,31,37H,6,14,16-18H2,(H,33,35)(H,32,34,36). The zero-order chi connectivity index (χ0) is 26.7. The number of nitrogens with zero attached hydrogens (tertiary/aromatic N) is 3. The predicted molar refractivity (Wildman–Crippen MR) is 151 cm³/mol. The van der Waals surface area contributed by atoms with E-state index in [0.29, 0.717) is 30.6 Å². The molecule has 0 amide bonds. The molecule has 0 saturated carbocycles. The van der Waals surface area contributed by atoms with Crippen molar-refractivity contribution in [3.63, 3.8) is 0 Å². The minimum absolute atomic E-state index is 0.137. The molecule has 5 rings (SSSR count). The largest absolute Gasteiger partial charge is 0.493 e. The first kappa shape index (κ1) is 25.9. The number of anilines is 2. The number of imidazole rings is 1. The van der Waals surface area contributed by atoms with E-state index in [-0.39, 0.29) is 6.61 Å². The fourth-order valence-electron chi connectivity index (χ4n) is 3.88. The average Bonchev–Trinajstić information content (AvgIpc) is 3.47.